The molecule has 1 amide bonds. The highest BCUT2D eigenvalue weighted by molar-refractivity contribution is 8.00. The maximum Gasteiger partial charge on any atom is 0.262 e. The monoisotopic (exact) mass is 423 g/mol. The summed E-state index contributed by atoms with van der Waals surface area (Å²) in [6.07, 6.45) is 1.31. The Balaban J connectivity index is 1.58. The number of benzene rings is 2. The SMILES string of the molecule is CC(Sc1nc2ccccc2c(=O)n1CCCO)C(=O)N1CCc2ccccc2C1. The van der Waals surface area contributed by atoms with Crippen LogP contribution in [0.4, 0.5) is 0 Å². The number of thioether (sulfide) groups is 1. The molecule has 156 valence electrons. The number of amides is 1. The van der Waals surface area contributed by atoms with Gasteiger partial charge in [-0.15, -0.1) is 0 Å². The minimum absolute atomic E-state index is 0.00888. The van der Waals surface area contributed by atoms with Crippen molar-refractivity contribution in [1.29, 1.82) is 0 Å². The first kappa shape index (κ1) is 20.6. The van der Waals surface area contributed by atoms with Gasteiger partial charge in [-0.2, -0.15) is 0 Å². The van der Waals surface area contributed by atoms with Crippen LogP contribution in [-0.2, 0) is 24.3 Å². The van der Waals surface area contributed by atoms with Crippen LogP contribution in [0.2, 0.25) is 0 Å². The number of fused-ring (bicyclic) bond motifs is 2. The number of carbonyl (C=O) groups excluding carboxylic acids is 1. The van der Waals surface area contributed by atoms with E-state index in [4.69, 9.17) is 0 Å². The average molecular weight is 424 g/mol. The van der Waals surface area contributed by atoms with E-state index in [-0.39, 0.29) is 23.3 Å². The molecule has 0 radical (unpaired) electrons. The fraction of sp³-hybridized carbons (Fsp3) is 0.348. The van der Waals surface area contributed by atoms with Gasteiger partial charge in [0, 0.05) is 26.2 Å². The summed E-state index contributed by atoms with van der Waals surface area (Å²) in [7, 11) is 0. The van der Waals surface area contributed by atoms with Gasteiger partial charge in [-0.3, -0.25) is 14.2 Å². The molecule has 0 saturated heterocycles. The molecule has 30 heavy (non-hydrogen) atoms. The van der Waals surface area contributed by atoms with E-state index in [1.54, 1.807) is 10.6 Å². The van der Waals surface area contributed by atoms with Crippen LogP contribution >= 0.6 is 11.8 Å². The zero-order valence-corrected chi connectivity index (χ0v) is 17.8. The molecule has 0 spiro atoms. The highest BCUT2D eigenvalue weighted by Gasteiger charge is 2.26. The van der Waals surface area contributed by atoms with Crippen molar-refractivity contribution < 1.29 is 9.90 Å². The molecule has 0 bridgehead atoms. The summed E-state index contributed by atoms with van der Waals surface area (Å²) >= 11 is 1.31. The van der Waals surface area contributed by atoms with E-state index >= 15 is 0 Å². The predicted octanol–water partition coefficient (Wildman–Crippen LogP) is 2.84. The summed E-state index contributed by atoms with van der Waals surface area (Å²) in [5.41, 5.74) is 2.98. The summed E-state index contributed by atoms with van der Waals surface area (Å²) in [6.45, 7) is 3.54. The van der Waals surface area contributed by atoms with E-state index in [0.29, 0.717) is 42.1 Å². The molecule has 1 aliphatic rings. The van der Waals surface area contributed by atoms with Crippen molar-refractivity contribution in [2.45, 2.75) is 43.3 Å². The predicted molar refractivity (Wildman–Crippen MR) is 119 cm³/mol. The van der Waals surface area contributed by atoms with Gasteiger partial charge in [0.25, 0.3) is 5.56 Å². The smallest absolute Gasteiger partial charge is 0.262 e. The number of nitrogens with zero attached hydrogens (tertiary/aromatic N) is 3. The number of carbonyl (C=O) groups is 1. The Morgan fingerprint density at radius 3 is 2.70 bits per heavy atom. The van der Waals surface area contributed by atoms with Crippen LogP contribution in [0.15, 0.2) is 58.5 Å². The minimum Gasteiger partial charge on any atom is -0.396 e. The van der Waals surface area contributed by atoms with Crippen LogP contribution in [0.25, 0.3) is 10.9 Å². The first-order valence-electron chi connectivity index (χ1n) is 10.2. The quantitative estimate of drug-likeness (QED) is 0.487. The lowest BCUT2D eigenvalue weighted by Gasteiger charge is -2.30. The summed E-state index contributed by atoms with van der Waals surface area (Å²) in [5.74, 6) is 0.0469. The van der Waals surface area contributed by atoms with Crippen LogP contribution < -0.4 is 5.56 Å². The van der Waals surface area contributed by atoms with E-state index in [1.807, 2.05) is 42.2 Å². The third-order valence-electron chi connectivity index (χ3n) is 5.44. The van der Waals surface area contributed by atoms with Crippen molar-refractivity contribution in [3.8, 4) is 0 Å². The van der Waals surface area contributed by atoms with Gasteiger partial charge in [0.2, 0.25) is 5.91 Å². The van der Waals surface area contributed by atoms with Gasteiger partial charge < -0.3 is 10.0 Å². The Hall–Kier alpha value is -2.64. The molecule has 1 N–H and O–H groups in total. The van der Waals surface area contributed by atoms with E-state index in [2.05, 4.69) is 17.1 Å². The van der Waals surface area contributed by atoms with Gasteiger partial charge in [-0.05, 0) is 43.0 Å². The molecule has 2 heterocycles. The number of para-hydroxylation sites is 1. The molecule has 7 heteroatoms. The molecule has 2 aromatic carbocycles. The molecular weight excluding hydrogens is 398 g/mol. The highest BCUT2D eigenvalue weighted by Crippen LogP contribution is 2.26. The number of rotatable bonds is 6. The third kappa shape index (κ3) is 4.13. The second kappa shape index (κ2) is 9.02. The number of hydrogen-bond donors (Lipinski definition) is 1. The zero-order valence-electron chi connectivity index (χ0n) is 17.0. The van der Waals surface area contributed by atoms with Gasteiger partial charge in [0.1, 0.15) is 0 Å². The summed E-state index contributed by atoms with van der Waals surface area (Å²) in [6, 6.07) is 15.5. The lowest BCUT2D eigenvalue weighted by molar-refractivity contribution is -0.131. The van der Waals surface area contributed by atoms with Gasteiger partial charge in [-0.1, -0.05) is 48.2 Å². The molecule has 1 aliphatic heterocycles. The molecule has 6 nitrogen and oxygen atoms in total. The Bertz CT molecular complexity index is 1130. The largest absolute Gasteiger partial charge is 0.396 e. The van der Waals surface area contributed by atoms with Crippen molar-refractivity contribution in [3.63, 3.8) is 0 Å². The maximum atomic E-state index is 13.1. The fourth-order valence-corrected chi connectivity index (χ4v) is 4.83. The average Bonchev–Trinajstić information content (AvgIpc) is 2.78. The van der Waals surface area contributed by atoms with Crippen molar-refractivity contribution in [1.82, 2.24) is 14.5 Å². The molecule has 4 rings (SSSR count). The lowest BCUT2D eigenvalue weighted by Crippen LogP contribution is -2.40. The van der Waals surface area contributed by atoms with Crippen LogP contribution in [0.1, 0.15) is 24.5 Å². The zero-order chi connectivity index (χ0) is 21.1. The van der Waals surface area contributed by atoms with Gasteiger partial charge in [0.05, 0.1) is 16.2 Å². The molecule has 1 unspecified atom stereocenters. The Labute approximate surface area is 179 Å². The third-order valence-corrected chi connectivity index (χ3v) is 6.52. The van der Waals surface area contributed by atoms with E-state index < -0.39 is 0 Å². The van der Waals surface area contributed by atoms with E-state index in [1.165, 1.54) is 22.9 Å². The maximum absolute atomic E-state index is 13.1. The number of aromatic nitrogens is 2. The van der Waals surface area contributed by atoms with Crippen molar-refractivity contribution in [2.24, 2.45) is 0 Å². The van der Waals surface area contributed by atoms with Crippen LogP contribution in [0.3, 0.4) is 0 Å². The summed E-state index contributed by atoms with van der Waals surface area (Å²) in [5, 5.41) is 9.93. The fourth-order valence-electron chi connectivity index (χ4n) is 3.81. The van der Waals surface area contributed by atoms with Crippen molar-refractivity contribution in [2.75, 3.05) is 13.2 Å². The molecule has 3 aromatic rings. The number of aliphatic hydroxyl groups excluding tert-OH is 1. The van der Waals surface area contributed by atoms with Crippen molar-refractivity contribution >= 4 is 28.6 Å². The topological polar surface area (TPSA) is 75.4 Å². The molecule has 0 aliphatic carbocycles. The normalized spacial score (nSPS) is 14.5. The van der Waals surface area contributed by atoms with Crippen LogP contribution in [0.5, 0.6) is 0 Å². The summed E-state index contributed by atoms with van der Waals surface area (Å²) in [4.78, 5) is 32.7. The van der Waals surface area contributed by atoms with Crippen LogP contribution in [0, 0.1) is 0 Å². The molecular formula is C23H25N3O3S. The molecule has 0 fully saturated rings. The first-order chi connectivity index (χ1) is 14.6. The second-order valence-electron chi connectivity index (χ2n) is 7.48. The minimum atomic E-state index is -0.372. The summed E-state index contributed by atoms with van der Waals surface area (Å²) < 4.78 is 1.58. The Morgan fingerprint density at radius 1 is 1.17 bits per heavy atom. The van der Waals surface area contributed by atoms with E-state index in [0.717, 1.165) is 6.42 Å². The van der Waals surface area contributed by atoms with Crippen molar-refractivity contribution in [3.05, 3.63) is 70.0 Å². The van der Waals surface area contributed by atoms with Gasteiger partial charge >= 0.3 is 0 Å². The highest BCUT2D eigenvalue weighted by atomic mass is 32.2. The lowest BCUT2D eigenvalue weighted by atomic mass is 10.00. The van der Waals surface area contributed by atoms with Gasteiger partial charge in [-0.25, -0.2) is 4.98 Å². The molecule has 1 atom stereocenters. The first-order valence-corrected chi connectivity index (χ1v) is 11.1. The standard InChI is InChI=1S/C23H25N3O3S/c1-16(21(28)25-13-11-17-7-2-3-8-18(17)15-25)30-23-24-20-10-5-4-9-19(20)22(29)26(23)12-6-14-27/h2-5,7-10,16,27H,6,11-15H2,1H3. The molecule has 1 aromatic heterocycles. The Kier molecular flexibility index (Phi) is 6.20. The second-order valence-corrected chi connectivity index (χ2v) is 8.79. The number of aliphatic hydroxyl groups is 1. The number of hydrogen-bond acceptors (Lipinski definition) is 5. The van der Waals surface area contributed by atoms with Gasteiger partial charge in [0.15, 0.2) is 5.16 Å². The van der Waals surface area contributed by atoms with E-state index in [9.17, 15) is 14.7 Å². The Morgan fingerprint density at radius 2 is 1.90 bits per heavy atom. The molecule has 0 saturated carbocycles. The van der Waals surface area contributed by atoms with Crippen LogP contribution in [-0.4, -0.2) is 43.9 Å².